The Morgan fingerprint density at radius 1 is 1.13 bits per heavy atom. The summed E-state index contributed by atoms with van der Waals surface area (Å²) in [6.07, 6.45) is -1.68. The summed E-state index contributed by atoms with van der Waals surface area (Å²) in [5.41, 5.74) is 1.23. The van der Waals surface area contributed by atoms with E-state index >= 15 is 0 Å². The van der Waals surface area contributed by atoms with Crippen LogP contribution < -0.4 is 10.1 Å². The minimum absolute atomic E-state index is 0.0423. The number of aliphatic carboxylic acids is 1. The molecule has 2 aromatic carbocycles. The number of halogens is 2. The van der Waals surface area contributed by atoms with Gasteiger partial charge in [-0.15, -0.1) is 0 Å². The summed E-state index contributed by atoms with van der Waals surface area (Å²) < 4.78 is 42.3. The maximum atomic E-state index is 13.6. The molecule has 1 unspecified atom stereocenters. The van der Waals surface area contributed by atoms with Crippen molar-refractivity contribution in [3.63, 3.8) is 0 Å². The van der Waals surface area contributed by atoms with Crippen molar-refractivity contribution in [2.45, 2.75) is 38.9 Å². The van der Waals surface area contributed by atoms with Gasteiger partial charge in [0.15, 0.2) is 6.10 Å². The van der Waals surface area contributed by atoms with Gasteiger partial charge in [0.2, 0.25) is 0 Å². The van der Waals surface area contributed by atoms with Crippen LogP contribution in [-0.2, 0) is 27.1 Å². The predicted octanol–water partition coefficient (Wildman–Crippen LogP) is 4.19. The Kier molecular flexibility index (Phi) is 8.75. The molecule has 7 nitrogen and oxygen atoms in total. The summed E-state index contributed by atoms with van der Waals surface area (Å²) >= 11 is 0. The first kappa shape index (κ1) is 24.1. The zero-order chi connectivity index (χ0) is 23.0. The molecule has 2 aromatic rings. The summed E-state index contributed by atoms with van der Waals surface area (Å²) in [7, 11) is 1.49. The van der Waals surface area contributed by atoms with Crippen LogP contribution in [0.15, 0.2) is 36.4 Å². The lowest BCUT2D eigenvalue weighted by atomic mass is 10.0. The smallest absolute Gasteiger partial charge is 0.411 e. The average Bonchev–Trinajstić information content (AvgIpc) is 2.69. The van der Waals surface area contributed by atoms with Crippen LogP contribution in [0.3, 0.4) is 0 Å². The van der Waals surface area contributed by atoms with Gasteiger partial charge >= 0.3 is 12.1 Å². The van der Waals surface area contributed by atoms with Gasteiger partial charge in [-0.3, -0.25) is 5.32 Å². The van der Waals surface area contributed by atoms with Crippen molar-refractivity contribution in [1.29, 1.82) is 0 Å². The minimum atomic E-state index is -1.06. The van der Waals surface area contributed by atoms with Crippen molar-refractivity contribution in [2.24, 2.45) is 0 Å². The van der Waals surface area contributed by atoms with E-state index in [9.17, 15) is 23.5 Å². The first-order chi connectivity index (χ1) is 14.7. The molecule has 1 atom stereocenters. The van der Waals surface area contributed by atoms with Crippen molar-refractivity contribution in [3.8, 4) is 5.75 Å². The van der Waals surface area contributed by atoms with Gasteiger partial charge in [0.05, 0.1) is 25.5 Å². The minimum Gasteiger partial charge on any atom is -0.496 e. The molecule has 0 spiro atoms. The summed E-state index contributed by atoms with van der Waals surface area (Å²) in [6, 6.07) is 7.97. The molecule has 168 valence electrons. The highest BCUT2D eigenvalue weighted by atomic mass is 19.1. The Balaban J connectivity index is 1.99. The molecule has 0 aliphatic rings. The molecule has 0 heterocycles. The lowest BCUT2D eigenvalue weighted by molar-refractivity contribution is -0.153. The number of methoxy groups -OCH3 is 1. The first-order valence-corrected chi connectivity index (χ1v) is 9.62. The van der Waals surface area contributed by atoms with Gasteiger partial charge in [0, 0.05) is 18.9 Å². The third kappa shape index (κ3) is 7.53. The quantitative estimate of drug-likeness (QED) is 0.579. The third-order valence-corrected chi connectivity index (χ3v) is 4.25. The monoisotopic (exact) mass is 437 g/mol. The third-order valence-electron chi connectivity index (χ3n) is 4.25. The van der Waals surface area contributed by atoms with E-state index in [2.05, 4.69) is 5.32 Å². The van der Waals surface area contributed by atoms with Gasteiger partial charge in [-0.1, -0.05) is 12.1 Å². The van der Waals surface area contributed by atoms with Crippen LogP contribution >= 0.6 is 0 Å². The van der Waals surface area contributed by atoms with Gasteiger partial charge in [-0.2, -0.15) is 0 Å². The van der Waals surface area contributed by atoms with Crippen LogP contribution in [0.2, 0.25) is 0 Å². The zero-order valence-electron chi connectivity index (χ0n) is 17.5. The van der Waals surface area contributed by atoms with Crippen molar-refractivity contribution in [3.05, 3.63) is 59.2 Å². The maximum Gasteiger partial charge on any atom is 0.411 e. The zero-order valence-corrected chi connectivity index (χ0v) is 17.5. The summed E-state index contributed by atoms with van der Waals surface area (Å²) in [5, 5.41) is 11.6. The van der Waals surface area contributed by atoms with E-state index in [4.69, 9.17) is 14.2 Å². The number of carbonyl (C=O) groups is 2. The van der Waals surface area contributed by atoms with Crippen molar-refractivity contribution >= 4 is 17.7 Å². The van der Waals surface area contributed by atoms with Gasteiger partial charge in [-0.25, -0.2) is 18.4 Å². The van der Waals surface area contributed by atoms with E-state index in [1.165, 1.54) is 7.11 Å². The molecule has 31 heavy (non-hydrogen) atoms. The summed E-state index contributed by atoms with van der Waals surface area (Å²) in [5.74, 6) is -2.18. The molecule has 0 radical (unpaired) electrons. The van der Waals surface area contributed by atoms with Crippen molar-refractivity contribution < 1.29 is 37.7 Å². The van der Waals surface area contributed by atoms with E-state index < -0.39 is 29.8 Å². The Morgan fingerprint density at radius 2 is 1.87 bits per heavy atom. The first-order valence-electron chi connectivity index (χ1n) is 9.62. The van der Waals surface area contributed by atoms with E-state index in [0.29, 0.717) is 17.4 Å². The van der Waals surface area contributed by atoms with Crippen LogP contribution in [0.1, 0.15) is 25.0 Å². The topological polar surface area (TPSA) is 94.1 Å². The second-order valence-electron chi connectivity index (χ2n) is 7.00. The number of amides is 1. The van der Waals surface area contributed by atoms with Gasteiger partial charge in [0.1, 0.15) is 17.4 Å². The molecule has 2 N–H and O–H groups in total. The normalized spacial score (nSPS) is 11.8. The highest BCUT2D eigenvalue weighted by Gasteiger charge is 2.21. The molecule has 0 aliphatic heterocycles. The van der Waals surface area contributed by atoms with Gasteiger partial charge in [0.25, 0.3) is 0 Å². The van der Waals surface area contributed by atoms with E-state index in [0.717, 1.165) is 17.7 Å². The molecule has 1 amide bonds. The van der Waals surface area contributed by atoms with Gasteiger partial charge in [-0.05, 0) is 43.2 Å². The molecular weight excluding hydrogens is 412 g/mol. The van der Waals surface area contributed by atoms with Crippen LogP contribution in [0.4, 0.5) is 19.3 Å². The fourth-order valence-electron chi connectivity index (χ4n) is 2.88. The number of anilines is 1. The molecule has 0 saturated heterocycles. The average molecular weight is 437 g/mol. The maximum absolute atomic E-state index is 13.6. The number of nitrogens with one attached hydrogen (secondary N) is 1. The Morgan fingerprint density at radius 3 is 2.48 bits per heavy atom. The second-order valence-corrected chi connectivity index (χ2v) is 7.00. The fourth-order valence-corrected chi connectivity index (χ4v) is 2.88. The molecule has 0 aromatic heterocycles. The number of carbonyl (C=O) groups excluding carboxylic acids is 1. The highest BCUT2D eigenvalue weighted by molar-refractivity contribution is 5.84. The molecular formula is C22H25F2NO6. The van der Waals surface area contributed by atoms with E-state index in [1.807, 2.05) is 0 Å². The molecule has 0 aliphatic carbocycles. The predicted molar refractivity (Wildman–Crippen MR) is 109 cm³/mol. The van der Waals surface area contributed by atoms with Crippen LogP contribution in [0.5, 0.6) is 5.75 Å². The molecule has 0 fully saturated rings. The molecule has 9 heteroatoms. The summed E-state index contributed by atoms with van der Waals surface area (Å²) in [4.78, 5) is 23.3. The Labute approximate surface area is 178 Å². The standard InChI is InChI=1S/C22H25F2NO6/c1-13(2)31-20(21(26)27)11-14-4-7-19(29-3)15(10-14)8-9-30-22(28)25-18-6-5-16(23)12-17(18)24/h4-7,10,12-13,20H,8-9,11H2,1-3H3,(H,25,28)(H,26,27). The summed E-state index contributed by atoms with van der Waals surface area (Å²) in [6.45, 7) is 3.48. The second kappa shape index (κ2) is 11.3. The van der Waals surface area contributed by atoms with E-state index in [-0.39, 0.29) is 31.2 Å². The number of benzene rings is 2. The molecule has 0 saturated carbocycles. The largest absolute Gasteiger partial charge is 0.496 e. The van der Waals surface area contributed by atoms with Gasteiger partial charge < -0.3 is 19.3 Å². The SMILES string of the molecule is COc1ccc(CC(OC(C)C)C(=O)O)cc1CCOC(=O)Nc1ccc(F)cc1F. The Bertz CT molecular complexity index is 919. The van der Waals surface area contributed by atoms with Crippen molar-refractivity contribution in [2.75, 3.05) is 19.0 Å². The van der Waals surface area contributed by atoms with Crippen LogP contribution in [0.25, 0.3) is 0 Å². The lowest BCUT2D eigenvalue weighted by Gasteiger charge is -2.17. The number of rotatable bonds is 10. The number of carboxylic acids is 1. The molecule has 0 bridgehead atoms. The number of hydrogen-bond donors (Lipinski definition) is 2. The number of carboxylic acid groups (broad SMARTS) is 1. The highest BCUT2D eigenvalue weighted by Crippen LogP contribution is 2.22. The van der Waals surface area contributed by atoms with Crippen LogP contribution in [0, 0.1) is 11.6 Å². The van der Waals surface area contributed by atoms with Crippen molar-refractivity contribution in [1.82, 2.24) is 0 Å². The van der Waals surface area contributed by atoms with Crippen LogP contribution in [-0.4, -0.2) is 43.1 Å². The molecule has 2 rings (SSSR count). The van der Waals surface area contributed by atoms with E-state index in [1.54, 1.807) is 32.0 Å². The fraction of sp³-hybridized carbons (Fsp3) is 0.364. The lowest BCUT2D eigenvalue weighted by Crippen LogP contribution is -2.29. The number of ether oxygens (including phenoxy) is 3. The number of hydrogen-bond acceptors (Lipinski definition) is 5. The Hall–Kier alpha value is -3.20.